The second kappa shape index (κ2) is 8.41. The van der Waals surface area contributed by atoms with E-state index in [-0.39, 0.29) is 30.2 Å². The lowest BCUT2D eigenvalue weighted by molar-refractivity contribution is -0.274. The van der Waals surface area contributed by atoms with E-state index in [0.717, 1.165) is 6.21 Å². The molecule has 4 rings (SSSR count). The number of anilines is 2. The number of hydrogen-bond acceptors (Lipinski definition) is 6. The number of Topliss-reactive ketones (excluding diaryl/α,β-unsaturated/α-hetero) is 1. The molecule has 0 spiro atoms. The molecule has 1 unspecified atom stereocenters. The highest BCUT2D eigenvalue weighted by atomic mass is 19.4. The fraction of sp³-hybridized carbons (Fsp3) is 0.182. The minimum absolute atomic E-state index is 0.0754. The van der Waals surface area contributed by atoms with E-state index < -0.39 is 18.2 Å². The number of nitrogens with zero attached hydrogens (tertiary/aromatic N) is 2. The van der Waals surface area contributed by atoms with Gasteiger partial charge >= 0.3 is 12.3 Å². The summed E-state index contributed by atoms with van der Waals surface area (Å²) in [7, 11) is 0. The summed E-state index contributed by atoms with van der Waals surface area (Å²) in [6.07, 6.45) is -2.23. The maximum absolute atomic E-state index is 12.7. The minimum atomic E-state index is -4.84. The highest BCUT2D eigenvalue weighted by molar-refractivity contribution is 6.33. The molecule has 0 saturated carbocycles. The molecule has 8 nitrogen and oxygen atoms in total. The molecule has 1 amide bonds. The van der Waals surface area contributed by atoms with Crippen LogP contribution in [0.5, 0.6) is 5.75 Å². The third-order valence-electron chi connectivity index (χ3n) is 5.21. The summed E-state index contributed by atoms with van der Waals surface area (Å²) in [5.41, 5.74) is 2.36. The van der Waals surface area contributed by atoms with Crippen molar-refractivity contribution in [1.82, 2.24) is 0 Å². The van der Waals surface area contributed by atoms with E-state index >= 15 is 0 Å². The molecule has 0 aromatic heterocycles. The molecule has 170 valence electrons. The number of fused-ring (bicyclic) bond motifs is 3. The molecule has 2 aromatic rings. The van der Waals surface area contributed by atoms with Gasteiger partial charge in [-0.2, -0.15) is 0 Å². The molecule has 0 fully saturated rings. The molecule has 2 aliphatic rings. The molecule has 0 saturated heterocycles. The number of benzene rings is 2. The fourth-order valence-electron chi connectivity index (χ4n) is 4.06. The molecule has 2 aromatic carbocycles. The summed E-state index contributed by atoms with van der Waals surface area (Å²) < 4.78 is 41.8. The van der Waals surface area contributed by atoms with Gasteiger partial charge in [0.1, 0.15) is 5.75 Å². The van der Waals surface area contributed by atoms with Gasteiger partial charge in [0.15, 0.2) is 5.78 Å². The number of carbonyl (C=O) groups excluding carboxylic acids is 2. The Morgan fingerprint density at radius 2 is 2.06 bits per heavy atom. The van der Waals surface area contributed by atoms with Gasteiger partial charge in [-0.3, -0.25) is 19.4 Å². The predicted molar refractivity (Wildman–Crippen MR) is 111 cm³/mol. The van der Waals surface area contributed by atoms with Gasteiger partial charge in [-0.25, -0.2) is 0 Å². The van der Waals surface area contributed by atoms with E-state index in [1.54, 1.807) is 17.0 Å². The van der Waals surface area contributed by atoms with Crippen molar-refractivity contribution in [3.63, 3.8) is 0 Å². The molecule has 0 bridgehead atoms. The van der Waals surface area contributed by atoms with Gasteiger partial charge in [0.05, 0.1) is 29.9 Å². The summed E-state index contributed by atoms with van der Waals surface area (Å²) in [5, 5.41) is 11.7. The van der Waals surface area contributed by atoms with Crippen LogP contribution < -0.4 is 15.0 Å². The number of amides is 1. The topological polar surface area (TPSA) is 108 Å². The number of ether oxygens (including phenoxy) is 1. The molecule has 2 aliphatic heterocycles. The summed E-state index contributed by atoms with van der Waals surface area (Å²) in [6.45, 7) is 0.0754. The van der Waals surface area contributed by atoms with Crippen LogP contribution in [0.4, 0.5) is 24.5 Å². The average Bonchev–Trinajstić information content (AvgIpc) is 3.03. The largest absolute Gasteiger partial charge is 0.573 e. The van der Waals surface area contributed by atoms with E-state index in [0.29, 0.717) is 34.5 Å². The van der Waals surface area contributed by atoms with Crippen LogP contribution in [0.15, 0.2) is 53.3 Å². The quantitative estimate of drug-likeness (QED) is 0.615. The lowest BCUT2D eigenvalue weighted by Crippen LogP contribution is -2.24. The molecule has 11 heteroatoms. The standard InChI is InChI=1S/C22H16F3N3O5/c23-22(24,25)33-14-3-1-2-12(6-14)10-28-15-5-4-13(7-18(31)32)21(27-11-29)20(15)19-16(28)8-26-9-17(19)30/h1-6,8-9,11,19H,7,10H2,(H,27,29)(H,31,32). The number of halogens is 3. The van der Waals surface area contributed by atoms with E-state index in [1.807, 2.05) is 0 Å². The monoisotopic (exact) mass is 459 g/mol. The fourth-order valence-corrected chi connectivity index (χ4v) is 4.06. The number of carbonyl (C=O) groups is 3. The first kappa shape index (κ1) is 22.1. The third-order valence-corrected chi connectivity index (χ3v) is 5.21. The van der Waals surface area contributed by atoms with Crippen LogP contribution >= 0.6 is 0 Å². The average molecular weight is 459 g/mol. The Labute approximate surface area is 185 Å². The Hall–Kier alpha value is -4.15. The first-order chi connectivity index (χ1) is 15.7. The van der Waals surface area contributed by atoms with Gasteiger partial charge < -0.3 is 20.1 Å². The highest BCUT2D eigenvalue weighted by Crippen LogP contribution is 2.50. The van der Waals surface area contributed by atoms with Crippen LogP contribution in [-0.2, 0) is 27.3 Å². The maximum atomic E-state index is 12.7. The molecular formula is C22H16F3N3O5. The Balaban J connectivity index is 1.79. The SMILES string of the molecule is O=CNc1c(CC(=O)O)ccc2c1C1C(=O)C=NC=C1N2Cc1cccc(OC(F)(F)F)c1. The van der Waals surface area contributed by atoms with Crippen LogP contribution in [0.1, 0.15) is 22.6 Å². The van der Waals surface area contributed by atoms with Crippen LogP contribution in [0, 0.1) is 0 Å². The van der Waals surface area contributed by atoms with Gasteiger partial charge in [0, 0.05) is 24.0 Å². The number of alkyl halides is 3. The Morgan fingerprint density at radius 1 is 1.27 bits per heavy atom. The third kappa shape index (κ3) is 4.43. The van der Waals surface area contributed by atoms with Crippen LogP contribution in [0.25, 0.3) is 0 Å². The van der Waals surface area contributed by atoms with Crippen molar-refractivity contribution in [3.05, 3.63) is 65.0 Å². The number of aliphatic carboxylic acids is 1. The maximum Gasteiger partial charge on any atom is 0.573 e. The Morgan fingerprint density at radius 3 is 2.76 bits per heavy atom. The molecule has 0 aliphatic carbocycles. The number of nitrogens with one attached hydrogen (secondary N) is 1. The van der Waals surface area contributed by atoms with E-state index in [9.17, 15) is 32.7 Å². The highest BCUT2D eigenvalue weighted by Gasteiger charge is 2.42. The van der Waals surface area contributed by atoms with Crippen LogP contribution in [-0.4, -0.2) is 35.8 Å². The van der Waals surface area contributed by atoms with Crippen molar-refractivity contribution >= 4 is 35.8 Å². The lowest BCUT2D eigenvalue weighted by Gasteiger charge is -2.23. The zero-order valence-electron chi connectivity index (χ0n) is 16.8. The molecule has 33 heavy (non-hydrogen) atoms. The van der Waals surface area contributed by atoms with Crippen LogP contribution in [0.2, 0.25) is 0 Å². The number of carboxylic acids is 1. The number of carboxylic acid groups (broad SMARTS) is 1. The Kier molecular flexibility index (Phi) is 5.62. The Bertz CT molecular complexity index is 1210. The number of rotatable bonds is 7. The first-order valence-electron chi connectivity index (χ1n) is 9.65. The van der Waals surface area contributed by atoms with E-state index in [1.165, 1.54) is 30.5 Å². The molecule has 1 atom stereocenters. The lowest BCUT2D eigenvalue weighted by atomic mass is 9.90. The minimum Gasteiger partial charge on any atom is -0.481 e. The number of hydrogen-bond donors (Lipinski definition) is 2. The predicted octanol–water partition coefficient (Wildman–Crippen LogP) is 3.38. The summed E-state index contributed by atoms with van der Waals surface area (Å²) in [4.78, 5) is 41.0. The summed E-state index contributed by atoms with van der Waals surface area (Å²) in [5.74, 6) is -2.72. The van der Waals surface area contributed by atoms with Crippen molar-refractivity contribution in [2.45, 2.75) is 25.2 Å². The van der Waals surface area contributed by atoms with Gasteiger partial charge in [0.2, 0.25) is 6.41 Å². The van der Waals surface area contributed by atoms with Gasteiger partial charge in [0.25, 0.3) is 0 Å². The second-order valence-electron chi connectivity index (χ2n) is 7.31. The summed E-state index contributed by atoms with van der Waals surface area (Å²) >= 11 is 0. The van der Waals surface area contributed by atoms with Crippen molar-refractivity contribution < 1.29 is 37.4 Å². The van der Waals surface area contributed by atoms with Crippen molar-refractivity contribution in [1.29, 1.82) is 0 Å². The normalized spacial score (nSPS) is 16.7. The van der Waals surface area contributed by atoms with Crippen molar-refractivity contribution in [3.8, 4) is 5.75 Å². The zero-order valence-corrected chi connectivity index (χ0v) is 16.8. The van der Waals surface area contributed by atoms with Gasteiger partial charge in [-0.1, -0.05) is 18.2 Å². The molecule has 2 heterocycles. The number of allylic oxidation sites excluding steroid dienone is 1. The van der Waals surface area contributed by atoms with Crippen molar-refractivity contribution in [2.75, 3.05) is 10.2 Å². The van der Waals surface area contributed by atoms with E-state index in [4.69, 9.17) is 0 Å². The van der Waals surface area contributed by atoms with E-state index in [2.05, 4.69) is 15.0 Å². The molecule has 2 N–H and O–H groups in total. The van der Waals surface area contributed by atoms with Gasteiger partial charge in [-0.15, -0.1) is 13.2 Å². The molecule has 0 radical (unpaired) electrons. The first-order valence-corrected chi connectivity index (χ1v) is 9.65. The van der Waals surface area contributed by atoms with Crippen molar-refractivity contribution in [2.24, 2.45) is 4.99 Å². The van der Waals surface area contributed by atoms with Crippen LogP contribution in [0.3, 0.4) is 0 Å². The number of aliphatic imine (C=N–C) groups is 1. The van der Waals surface area contributed by atoms with Gasteiger partial charge in [-0.05, 0) is 29.3 Å². The molecular weight excluding hydrogens is 443 g/mol. The second-order valence-corrected chi connectivity index (χ2v) is 7.31. The zero-order chi connectivity index (χ0) is 23.8. The number of ketones is 1. The smallest absolute Gasteiger partial charge is 0.481 e. The summed E-state index contributed by atoms with van der Waals surface area (Å²) in [6, 6.07) is 8.57.